The van der Waals surface area contributed by atoms with Crippen LogP contribution in [0.15, 0.2) is 36.5 Å². The van der Waals surface area contributed by atoms with Crippen LogP contribution in [0.2, 0.25) is 5.02 Å². The van der Waals surface area contributed by atoms with E-state index < -0.39 is 5.82 Å². The Bertz CT molecular complexity index is 886. The number of hydrogen-bond donors (Lipinski definition) is 2. The summed E-state index contributed by atoms with van der Waals surface area (Å²) < 4.78 is 13.3. The monoisotopic (exact) mass is 404 g/mol. The Balaban J connectivity index is 1.81. The number of nitrogens with one attached hydrogen (secondary N) is 2. The summed E-state index contributed by atoms with van der Waals surface area (Å²) in [6.07, 6.45) is 2.76. The summed E-state index contributed by atoms with van der Waals surface area (Å²) in [4.78, 5) is 12.2. The molecule has 141 valence electrons. The van der Waals surface area contributed by atoms with Gasteiger partial charge in [0.2, 0.25) is 5.95 Å². The topological polar surface area (TPSA) is 53.1 Å². The second-order valence-corrected chi connectivity index (χ2v) is 7.50. The molecular weight excluding hydrogens is 385 g/mol. The Morgan fingerprint density at radius 2 is 2.15 bits per heavy atom. The minimum Gasteiger partial charge on any atom is -0.369 e. The zero-order valence-electron chi connectivity index (χ0n) is 15.1. The molecule has 0 spiro atoms. The Labute approximate surface area is 167 Å². The molecule has 0 amide bonds. The highest BCUT2D eigenvalue weighted by Gasteiger charge is 2.11. The molecular formula is C19H20ClFN5S. The van der Waals surface area contributed by atoms with Gasteiger partial charge in [-0.25, -0.2) is 9.37 Å². The number of aromatic nitrogens is 2. The lowest BCUT2D eigenvalue weighted by atomic mass is 10.2. The summed E-state index contributed by atoms with van der Waals surface area (Å²) in [5, 5.41) is 9.60. The number of hydrogen-bond acceptors (Lipinski definition) is 6. The maximum absolute atomic E-state index is 13.3. The number of nitrogens with zero attached hydrogens (tertiary/aromatic N) is 3. The first kappa shape index (κ1) is 19.5. The second kappa shape index (κ2) is 9.12. The van der Waals surface area contributed by atoms with Crippen molar-refractivity contribution in [2.24, 2.45) is 0 Å². The SMILES string of the molecule is CN(C)CCCNc1nc(Nc2ccc(F)c(Cl)c2)ncc1-c1cc[c]s1. The molecule has 8 heteroatoms. The normalized spacial score (nSPS) is 11.0. The van der Waals surface area contributed by atoms with Gasteiger partial charge in [0.1, 0.15) is 11.6 Å². The highest BCUT2D eigenvalue weighted by molar-refractivity contribution is 7.13. The Morgan fingerprint density at radius 1 is 1.30 bits per heavy atom. The number of anilines is 3. The van der Waals surface area contributed by atoms with Gasteiger partial charge < -0.3 is 15.5 Å². The molecule has 27 heavy (non-hydrogen) atoms. The van der Waals surface area contributed by atoms with Crippen LogP contribution in [0.4, 0.5) is 21.8 Å². The fraction of sp³-hybridized carbons (Fsp3) is 0.263. The third-order valence-electron chi connectivity index (χ3n) is 3.78. The molecule has 0 aliphatic carbocycles. The van der Waals surface area contributed by atoms with E-state index in [9.17, 15) is 4.39 Å². The van der Waals surface area contributed by atoms with Gasteiger partial charge in [-0.2, -0.15) is 4.98 Å². The fourth-order valence-corrected chi connectivity index (χ4v) is 3.29. The van der Waals surface area contributed by atoms with Crippen molar-refractivity contribution >= 4 is 40.4 Å². The molecule has 0 saturated carbocycles. The van der Waals surface area contributed by atoms with Crippen molar-refractivity contribution in [2.75, 3.05) is 37.8 Å². The maximum atomic E-state index is 13.3. The molecule has 0 saturated heterocycles. The lowest BCUT2D eigenvalue weighted by Crippen LogP contribution is -2.17. The highest BCUT2D eigenvalue weighted by atomic mass is 35.5. The van der Waals surface area contributed by atoms with Crippen LogP contribution in [0.1, 0.15) is 6.42 Å². The van der Waals surface area contributed by atoms with E-state index in [-0.39, 0.29) is 5.02 Å². The molecule has 1 aromatic carbocycles. The van der Waals surface area contributed by atoms with Crippen LogP contribution >= 0.6 is 22.9 Å². The standard InChI is InChI=1S/C19H20ClFN5S/c1-26(2)9-4-8-22-18-14(17-5-3-10-27-17)12-23-19(25-18)24-13-6-7-16(21)15(20)11-13/h3,5-7,11-12H,4,8-9H2,1-2H3,(H2,22,23,24,25). The van der Waals surface area contributed by atoms with Crippen molar-refractivity contribution in [3.05, 3.63) is 52.7 Å². The van der Waals surface area contributed by atoms with Crippen molar-refractivity contribution in [2.45, 2.75) is 6.42 Å². The van der Waals surface area contributed by atoms with Crippen LogP contribution in [0.3, 0.4) is 0 Å². The smallest absolute Gasteiger partial charge is 0.229 e. The van der Waals surface area contributed by atoms with Gasteiger partial charge >= 0.3 is 0 Å². The average molecular weight is 405 g/mol. The van der Waals surface area contributed by atoms with E-state index in [1.54, 1.807) is 12.3 Å². The molecule has 3 aromatic rings. The van der Waals surface area contributed by atoms with E-state index in [1.807, 2.05) is 26.2 Å². The van der Waals surface area contributed by atoms with E-state index in [2.05, 4.69) is 30.9 Å². The van der Waals surface area contributed by atoms with Gasteiger partial charge in [0.25, 0.3) is 0 Å². The fourth-order valence-electron chi connectivity index (χ4n) is 2.45. The highest BCUT2D eigenvalue weighted by Crippen LogP contribution is 2.31. The number of halogens is 2. The number of rotatable bonds is 8. The van der Waals surface area contributed by atoms with Gasteiger partial charge in [-0.15, -0.1) is 11.3 Å². The van der Waals surface area contributed by atoms with Gasteiger partial charge in [0.05, 0.1) is 10.6 Å². The first-order chi connectivity index (χ1) is 13.0. The molecule has 0 unspecified atom stereocenters. The Morgan fingerprint density at radius 3 is 2.85 bits per heavy atom. The first-order valence-corrected chi connectivity index (χ1v) is 9.66. The van der Waals surface area contributed by atoms with E-state index in [1.165, 1.54) is 23.5 Å². The van der Waals surface area contributed by atoms with Crippen LogP contribution in [0.5, 0.6) is 0 Å². The van der Waals surface area contributed by atoms with Gasteiger partial charge in [0, 0.05) is 28.7 Å². The van der Waals surface area contributed by atoms with Gasteiger partial charge in [-0.3, -0.25) is 0 Å². The van der Waals surface area contributed by atoms with Crippen molar-refractivity contribution in [3.63, 3.8) is 0 Å². The molecule has 2 N–H and O–H groups in total. The van der Waals surface area contributed by atoms with E-state index in [0.717, 1.165) is 35.8 Å². The van der Waals surface area contributed by atoms with E-state index >= 15 is 0 Å². The first-order valence-electron chi connectivity index (χ1n) is 8.47. The molecule has 1 radical (unpaired) electrons. The predicted molar refractivity (Wildman–Crippen MR) is 111 cm³/mol. The van der Waals surface area contributed by atoms with Gasteiger partial charge in [-0.1, -0.05) is 11.6 Å². The average Bonchev–Trinajstić information content (AvgIpc) is 3.16. The summed E-state index contributed by atoms with van der Waals surface area (Å²) in [6, 6.07) is 8.27. The molecule has 0 aliphatic rings. The number of thiophene rings is 1. The lowest BCUT2D eigenvalue weighted by Gasteiger charge is -2.14. The van der Waals surface area contributed by atoms with Crippen molar-refractivity contribution in [3.8, 4) is 10.4 Å². The van der Waals surface area contributed by atoms with Crippen molar-refractivity contribution < 1.29 is 4.39 Å². The van der Waals surface area contributed by atoms with Crippen LogP contribution < -0.4 is 10.6 Å². The van der Waals surface area contributed by atoms with Gasteiger partial charge in [0.15, 0.2) is 0 Å². The van der Waals surface area contributed by atoms with E-state index in [0.29, 0.717) is 11.6 Å². The third kappa shape index (κ3) is 5.38. The lowest BCUT2D eigenvalue weighted by molar-refractivity contribution is 0.405. The molecule has 0 aliphatic heterocycles. The molecule has 3 rings (SSSR count). The maximum Gasteiger partial charge on any atom is 0.229 e. The van der Waals surface area contributed by atoms with Gasteiger partial charge in [-0.05, 0) is 57.4 Å². The van der Waals surface area contributed by atoms with E-state index in [4.69, 9.17) is 11.6 Å². The minimum absolute atomic E-state index is 0.0489. The summed E-state index contributed by atoms with van der Waals surface area (Å²) in [5.74, 6) is 0.697. The molecule has 0 fully saturated rings. The minimum atomic E-state index is -0.462. The Kier molecular flexibility index (Phi) is 6.60. The summed E-state index contributed by atoms with van der Waals surface area (Å²) in [7, 11) is 4.10. The zero-order chi connectivity index (χ0) is 19.2. The number of benzene rings is 1. The summed E-state index contributed by atoms with van der Waals surface area (Å²) in [5.41, 5.74) is 1.55. The molecule has 0 bridgehead atoms. The zero-order valence-corrected chi connectivity index (χ0v) is 16.7. The summed E-state index contributed by atoms with van der Waals surface area (Å²) >= 11 is 7.35. The van der Waals surface area contributed by atoms with Crippen LogP contribution in [-0.2, 0) is 0 Å². The van der Waals surface area contributed by atoms with Crippen LogP contribution in [-0.4, -0.2) is 42.1 Å². The Hall–Kier alpha value is -2.22. The quantitative estimate of drug-likeness (QED) is 0.523. The molecule has 5 nitrogen and oxygen atoms in total. The second-order valence-electron chi connectivity index (χ2n) is 6.21. The molecule has 2 aromatic heterocycles. The largest absolute Gasteiger partial charge is 0.369 e. The summed E-state index contributed by atoms with van der Waals surface area (Å²) in [6.45, 7) is 1.78. The van der Waals surface area contributed by atoms with Crippen molar-refractivity contribution in [1.82, 2.24) is 14.9 Å². The third-order valence-corrected chi connectivity index (χ3v) is 4.90. The predicted octanol–water partition coefficient (Wildman–Crippen LogP) is 4.90. The van der Waals surface area contributed by atoms with Crippen molar-refractivity contribution in [1.29, 1.82) is 0 Å². The molecule has 0 atom stereocenters. The molecule has 2 heterocycles. The van der Waals surface area contributed by atoms with Crippen LogP contribution in [0, 0.1) is 11.2 Å². The van der Waals surface area contributed by atoms with Crippen LogP contribution in [0.25, 0.3) is 10.4 Å².